The number of amides is 1. The highest BCUT2D eigenvalue weighted by Crippen LogP contribution is 2.22. The number of halogens is 2. The first-order chi connectivity index (χ1) is 11.8. The zero-order valence-corrected chi connectivity index (χ0v) is 14.8. The minimum absolute atomic E-state index is 0.0604. The van der Waals surface area contributed by atoms with E-state index in [0.29, 0.717) is 12.2 Å². The van der Waals surface area contributed by atoms with Gasteiger partial charge in [0, 0.05) is 12.0 Å². The average molecular weight is 369 g/mol. The van der Waals surface area contributed by atoms with Crippen molar-refractivity contribution in [1.82, 2.24) is 5.16 Å². The van der Waals surface area contributed by atoms with Crippen molar-refractivity contribution in [3.05, 3.63) is 46.1 Å². The van der Waals surface area contributed by atoms with Crippen molar-refractivity contribution >= 4 is 29.2 Å². The van der Waals surface area contributed by atoms with Gasteiger partial charge in [0.15, 0.2) is 6.10 Å². The van der Waals surface area contributed by atoms with Crippen LogP contribution in [0.4, 0.5) is 10.1 Å². The van der Waals surface area contributed by atoms with Gasteiger partial charge in [-0.1, -0.05) is 16.8 Å². The lowest BCUT2D eigenvalue weighted by molar-refractivity contribution is -0.153. The molecule has 1 heterocycles. The van der Waals surface area contributed by atoms with E-state index in [1.165, 1.54) is 19.1 Å². The van der Waals surface area contributed by atoms with Gasteiger partial charge in [0.1, 0.15) is 11.6 Å². The van der Waals surface area contributed by atoms with Crippen LogP contribution >= 0.6 is 11.6 Å². The molecule has 0 aliphatic carbocycles. The fourth-order valence-electron chi connectivity index (χ4n) is 2.22. The highest BCUT2D eigenvalue weighted by Gasteiger charge is 2.20. The molecule has 6 nitrogen and oxygen atoms in total. The van der Waals surface area contributed by atoms with Crippen LogP contribution in [0.25, 0.3) is 0 Å². The smallest absolute Gasteiger partial charge is 0.306 e. The standard InChI is InChI=1S/C17H18ClFN2O4/c1-9-13(10(2)25-21-9)5-7-16(22)24-11(3)17(23)20-15-6-4-12(19)8-14(15)18/h4,6,8,11H,5,7H2,1-3H3,(H,20,23)/t11-/m0/s1. The van der Waals surface area contributed by atoms with Crippen LogP contribution in [0.3, 0.4) is 0 Å². The maximum Gasteiger partial charge on any atom is 0.306 e. The Morgan fingerprint density at radius 2 is 2.12 bits per heavy atom. The Morgan fingerprint density at radius 1 is 1.40 bits per heavy atom. The number of rotatable bonds is 6. The Bertz CT molecular complexity index is 771. The van der Waals surface area contributed by atoms with Gasteiger partial charge in [-0.05, 0) is 45.4 Å². The Balaban J connectivity index is 1.86. The molecule has 0 unspecified atom stereocenters. The lowest BCUT2D eigenvalue weighted by Gasteiger charge is -2.14. The third-order valence-corrected chi connectivity index (χ3v) is 3.94. The lowest BCUT2D eigenvalue weighted by Crippen LogP contribution is -2.30. The molecule has 0 fully saturated rings. The molecule has 2 rings (SSSR count). The van der Waals surface area contributed by atoms with Crippen LogP contribution in [0, 0.1) is 19.7 Å². The fourth-order valence-corrected chi connectivity index (χ4v) is 2.44. The highest BCUT2D eigenvalue weighted by atomic mass is 35.5. The monoisotopic (exact) mass is 368 g/mol. The van der Waals surface area contributed by atoms with Gasteiger partial charge in [-0.2, -0.15) is 0 Å². The molecule has 1 aromatic carbocycles. The van der Waals surface area contributed by atoms with E-state index in [0.717, 1.165) is 17.3 Å². The molecule has 0 radical (unpaired) electrons. The van der Waals surface area contributed by atoms with Gasteiger partial charge in [0.2, 0.25) is 0 Å². The van der Waals surface area contributed by atoms with Gasteiger partial charge in [0.05, 0.1) is 16.4 Å². The van der Waals surface area contributed by atoms with Crippen LogP contribution in [-0.4, -0.2) is 23.1 Å². The molecule has 134 valence electrons. The number of aromatic nitrogens is 1. The number of carbonyl (C=O) groups excluding carboxylic acids is 2. The van der Waals surface area contributed by atoms with Crippen molar-refractivity contribution in [3.63, 3.8) is 0 Å². The van der Waals surface area contributed by atoms with E-state index in [1.807, 2.05) is 0 Å². The Labute approximate surface area is 149 Å². The van der Waals surface area contributed by atoms with Crippen LogP contribution in [0.1, 0.15) is 30.4 Å². The van der Waals surface area contributed by atoms with E-state index in [2.05, 4.69) is 10.5 Å². The predicted molar refractivity (Wildman–Crippen MR) is 89.9 cm³/mol. The maximum atomic E-state index is 13.0. The number of benzene rings is 1. The van der Waals surface area contributed by atoms with Crippen LogP contribution < -0.4 is 5.32 Å². The molecule has 0 aliphatic rings. The van der Waals surface area contributed by atoms with Crippen molar-refractivity contribution in [2.45, 2.75) is 39.7 Å². The van der Waals surface area contributed by atoms with Gasteiger partial charge in [-0.15, -0.1) is 0 Å². The number of nitrogens with zero attached hydrogens (tertiary/aromatic N) is 1. The Hall–Kier alpha value is -2.41. The summed E-state index contributed by atoms with van der Waals surface area (Å²) in [4.78, 5) is 24.0. The first-order valence-corrected chi connectivity index (χ1v) is 8.03. The summed E-state index contributed by atoms with van der Waals surface area (Å²) in [6.45, 7) is 5.00. The van der Waals surface area contributed by atoms with E-state index in [9.17, 15) is 14.0 Å². The van der Waals surface area contributed by atoms with Crippen LogP contribution in [0.15, 0.2) is 22.7 Å². The second-order valence-corrected chi connectivity index (χ2v) is 5.96. The first kappa shape index (κ1) is 18.9. The SMILES string of the molecule is Cc1noc(C)c1CCC(=O)O[C@@H](C)C(=O)Nc1ccc(F)cc1Cl. The molecule has 1 amide bonds. The fraction of sp³-hybridized carbons (Fsp3) is 0.353. The van der Waals surface area contributed by atoms with Gasteiger partial charge in [-0.3, -0.25) is 9.59 Å². The Kier molecular flexibility index (Phi) is 6.14. The maximum absolute atomic E-state index is 13.0. The number of aryl methyl sites for hydroxylation is 2. The molecular weight excluding hydrogens is 351 g/mol. The van der Waals surface area contributed by atoms with Crippen LogP contribution in [0.5, 0.6) is 0 Å². The van der Waals surface area contributed by atoms with E-state index in [1.54, 1.807) is 13.8 Å². The molecular formula is C17H18ClFN2O4. The lowest BCUT2D eigenvalue weighted by atomic mass is 10.1. The molecule has 0 bridgehead atoms. The number of carbonyl (C=O) groups is 2. The largest absolute Gasteiger partial charge is 0.453 e. The Morgan fingerprint density at radius 3 is 2.72 bits per heavy atom. The summed E-state index contributed by atoms with van der Waals surface area (Å²) in [7, 11) is 0. The van der Waals surface area contributed by atoms with Crippen molar-refractivity contribution in [3.8, 4) is 0 Å². The van der Waals surface area contributed by atoms with Crippen molar-refractivity contribution < 1.29 is 23.2 Å². The molecule has 25 heavy (non-hydrogen) atoms. The molecule has 8 heteroatoms. The van der Waals surface area contributed by atoms with E-state index < -0.39 is 23.8 Å². The highest BCUT2D eigenvalue weighted by molar-refractivity contribution is 6.33. The summed E-state index contributed by atoms with van der Waals surface area (Å²) in [6.07, 6.45) is -0.506. The van der Waals surface area contributed by atoms with Gasteiger partial charge >= 0.3 is 5.97 Å². The molecule has 0 aliphatic heterocycles. The normalized spacial score (nSPS) is 11.9. The molecule has 0 saturated heterocycles. The summed E-state index contributed by atoms with van der Waals surface area (Å²) in [5.41, 5.74) is 1.82. The molecule has 2 aromatic rings. The second-order valence-electron chi connectivity index (χ2n) is 5.55. The van der Waals surface area contributed by atoms with Crippen molar-refractivity contribution in [1.29, 1.82) is 0 Å². The minimum atomic E-state index is -1.02. The zero-order chi connectivity index (χ0) is 18.6. The van der Waals surface area contributed by atoms with Gasteiger partial charge in [-0.25, -0.2) is 4.39 Å². The number of anilines is 1. The van der Waals surface area contributed by atoms with Crippen LogP contribution in [0.2, 0.25) is 5.02 Å². The molecule has 1 N–H and O–H groups in total. The van der Waals surface area contributed by atoms with Crippen molar-refractivity contribution in [2.75, 3.05) is 5.32 Å². The van der Waals surface area contributed by atoms with E-state index in [4.69, 9.17) is 20.9 Å². The van der Waals surface area contributed by atoms with E-state index >= 15 is 0 Å². The molecule has 0 saturated carbocycles. The van der Waals surface area contributed by atoms with E-state index in [-0.39, 0.29) is 17.1 Å². The third kappa shape index (κ3) is 5.03. The number of ether oxygens (including phenoxy) is 1. The predicted octanol–water partition coefficient (Wildman–Crippen LogP) is 3.59. The summed E-state index contributed by atoms with van der Waals surface area (Å²) < 4.78 is 23.1. The number of esters is 1. The molecule has 1 aromatic heterocycles. The molecule has 0 spiro atoms. The van der Waals surface area contributed by atoms with Crippen LogP contribution in [-0.2, 0) is 20.7 Å². The zero-order valence-electron chi connectivity index (χ0n) is 14.1. The minimum Gasteiger partial charge on any atom is -0.453 e. The number of hydrogen-bond donors (Lipinski definition) is 1. The summed E-state index contributed by atoms with van der Waals surface area (Å²) in [5.74, 6) is -0.934. The first-order valence-electron chi connectivity index (χ1n) is 7.65. The average Bonchev–Trinajstić information content (AvgIpc) is 2.86. The summed E-state index contributed by atoms with van der Waals surface area (Å²) in [5, 5.41) is 6.37. The summed E-state index contributed by atoms with van der Waals surface area (Å²) >= 11 is 5.84. The van der Waals surface area contributed by atoms with Gasteiger partial charge < -0.3 is 14.6 Å². The third-order valence-electron chi connectivity index (χ3n) is 3.63. The van der Waals surface area contributed by atoms with Crippen molar-refractivity contribution in [2.24, 2.45) is 0 Å². The number of hydrogen-bond acceptors (Lipinski definition) is 5. The quantitative estimate of drug-likeness (QED) is 0.788. The second kappa shape index (κ2) is 8.11. The topological polar surface area (TPSA) is 81.4 Å². The van der Waals surface area contributed by atoms with Gasteiger partial charge in [0.25, 0.3) is 5.91 Å². The number of nitrogens with one attached hydrogen (secondary N) is 1. The molecule has 1 atom stereocenters. The summed E-state index contributed by atoms with van der Waals surface area (Å²) in [6, 6.07) is 3.58.